The maximum atomic E-state index is 8.99. The van der Waals surface area contributed by atoms with Crippen molar-refractivity contribution < 1.29 is 0 Å². The molecule has 3 aromatic rings. The van der Waals surface area contributed by atoms with Gasteiger partial charge in [-0.1, -0.05) is 30.3 Å². The quantitative estimate of drug-likeness (QED) is 0.683. The van der Waals surface area contributed by atoms with Crippen LogP contribution < -0.4 is 11.1 Å². The van der Waals surface area contributed by atoms with Crippen LogP contribution in [0.25, 0.3) is 10.8 Å². The molecule has 0 bridgehead atoms. The largest absolute Gasteiger partial charge is 0.398 e. The molecule has 0 saturated heterocycles. The van der Waals surface area contributed by atoms with E-state index in [2.05, 4.69) is 35.7 Å². The third kappa shape index (κ3) is 2.27. The summed E-state index contributed by atoms with van der Waals surface area (Å²) in [4.78, 5) is 0. The van der Waals surface area contributed by atoms with Crippen molar-refractivity contribution in [2.24, 2.45) is 0 Å². The Morgan fingerprint density at radius 3 is 2.35 bits per heavy atom. The molecule has 0 saturated carbocycles. The number of hydrogen-bond acceptors (Lipinski definition) is 3. The Balaban J connectivity index is 1.95. The summed E-state index contributed by atoms with van der Waals surface area (Å²) in [5.41, 5.74) is 8.53. The Morgan fingerprint density at radius 1 is 0.850 bits per heavy atom. The molecule has 0 aliphatic carbocycles. The standard InChI is InChI=1S/C17H13N3/c18-11-14-10-16(7-8-17(14)19)20-15-6-5-12-3-1-2-4-13(12)9-15/h1-10,20H,19H2. The van der Waals surface area contributed by atoms with Crippen LogP contribution in [-0.2, 0) is 0 Å². The van der Waals surface area contributed by atoms with Gasteiger partial charge in [0.05, 0.1) is 5.56 Å². The van der Waals surface area contributed by atoms with Gasteiger partial charge in [0.15, 0.2) is 0 Å². The predicted molar refractivity (Wildman–Crippen MR) is 82.8 cm³/mol. The summed E-state index contributed by atoms with van der Waals surface area (Å²) in [6, 6.07) is 21.8. The molecule has 0 aromatic heterocycles. The van der Waals surface area contributed by atoms with Gasteiger partial charge < -0.3 is 11.1 Å². The van der Waals surface area contributed by atoms with Crippen molar-refractivity contribution >= 4 is 27.8 Å². The van der Waals surface area contributed by atoms with Crippen LogP contribution in [0.1, 0.15) is 5.56 Å². The summed E-state index contributed by atoms with van der Waals surface area (Å²) in [6.07, 6.45) is 0. The summed E-state index contributed by atoms with van der Waals surface area (Å²) >= 11 is 0. The Labute approximate surface area is 117 Å². The molecule has 0 radical (unpaired) electrons. The average Bonchev–Trinajstić information content (AvgIpc) is 2.49. The van der Waals surface area contributed by atoms with Crippen molar-refractivity contribution in [3.63, 3.8) is 0 Å². The number of hydrogen-bond donors (Lipinski definition) is 2. The first-order valence-corrected chi connectivity index (χ1v) is 6.32. The van der Waals surface area contributed by atoms with Crippen LogP contribution >= 0.6 is 0 Å². The highest BCUT2D eigenvalue weighted by Crippen LogP contribution is 2.24. The van der Waals surface area contributed by atoms with Crippen molar-refractivity contribution in [1.82, 2.24) is 0 Å². The molecule has 96 valence electrons. The van der Waals surface area contributed by atoms with Crippen LogP contribution in [0.5, 0.6) is 0 Å². The highest BCUT2D eigenvalue weighted by atomic mass is 14.9. The van der Waals surface area contributed by atoms with E-state index < -0.39 is 0 Å². The topological polar surface area (TPSA) is 61.8 Å². The Hall–Kier alpha value is -2.99. The average molecular weight is 259 g/mol. The van der Waals surface area contributed by atoms with Gasteiger partial charge in [0.2, 0.25) is 0 Å². The van der Waals surface area contributed by atoms with Crippen LogP contribution in [0.4, 0.5) is 17.1 Å². The predicted octanol–water partition coefficient (Wildman–Crippen LogP) is 4.04. The molecule has 20 heavy (non-hydrogen) atoms. The second-order valence-corrected chi connectivity index (χ2v) is 4.60. The molecule has 0 amide bonds. The minimum absolute atomic E-state index is 0.482. The van der Waals surface area contributed by atoms with Gasteiger partial charge in [-0.2, -0.15) is 5.26 Å². The van der Waals surface area contributed by atoms with E-state index in [1.807, 2.05) is 24.3 Å². The molecule has 0 aliphatic rings. The van der Waals surface area contributed by atoms with Gasteiger partial charge in [-0.3, -0.25) is 0 Å². The first kappa shape index (κ1) is 12.1. The van der Waals surface area contributed by atoms with E-state index in [1.165, 1.54) is 10.8 Å². The fraction of sp³-hybridized carbons (Fsp3) is 0. The van der Waals surface area contributed by atoms with Gasteiger partial charge in [0, 0.05) is 17.1 Å². The molecule has 3 rings (SSSR count). The van der Waals surface area contributed by atoms with E-state index in [-0.39, 0.29) is 0 Å². The summed E-state index contributed by atoms with van der Waals surface area (Å²) in [5, 5.41) is 14.7. The molecule has 0 heterocycles. The lowest BCUT2D eigenvalue weighted by molar-refractivity contribution is 1.47. The maximum Gasteiger partial charge on any atom is 0.101 e. The molecule has 0 aliphatic heterocycles. The molecular weight excluding hydrogens is 246 g/mol. The van der Waals surface area contributed by atoms with Gasteiger partial charge in [-0.05, 0) is 41.1 Å². The Kier molecular flexibility index (Phi) is 2.98. The molecule has 3 heteroatoms. The van der Waals surface area contributed by atoms with E-state index in [1.54, 1.807) is 12.1 Å². The number of nitrogens with one attached hydrogen (secondary N) is 1. The fourth-order valence-electron chi connectivity index (χ4n) is 2.16. The number of nitriles is 1. The third-order valence-corrected chi connectivity index (χ3v) is 3.21. The van der Waals surface area contributed by atoms with Crippen molar-refractivity contribution in [2.75, 3.05) is 11.1 Å². The van der Waals surface area contributed by atoms with Gasteiger partial charge in [0.25, 0.3) is 0 Å². The highest BCUT2D eigenvalue weighted by molar-refractivity contribution is 5.86. The van der Waals surface area contributed by atoms with Crippen LogP contribution in [0, 0.1) is 11.3 Å². The Bertz CT molecular complexity index is 816. The number of nitrogens with two attached hydrogens (primary N) is 1. The van der Waals surface area contributed by atoms with Crippen LogP contribution in [0.15, 0.2) is 60.7 Å². The fourth-order valence-corrected chi connectivity index (χ4v) is 2.16. The van der Waals surface area contributed by atoms with Crippen LogP contribution in [0.3, 0.4) is 0 Å². The number of anilines is 3. The summed E-state index contributed by atoms with van der Waals surface area (Å²) < 4.78 is 0. The van der Waals surface area contributed by atoms with E-state index >= 15 is 0 Å². The summed E-state index contributed by atoms with van der Waals surface area (Å²) in [5.74, 6) is 0. The molecule has 3 aromatic carbocycles. The van der Waals surface area contributed by atoms with Crippen molar-refractivity contribution in [3.8, 4) is 6.07 Å². The molecule has 0 unspecified atom stereocenters. The first-order chi connectivity index (χ1) is 9.76. The number of fused-ring (bicyclic) bond motifs is 1. The van der Waals surface area contributed by atoms with E-state index in [4.69, 9.17) is 11.0 Å². The van der Waals surface area contributed by atoms with E-state index in [0.29, 0.717) is 11.3 Å². The lowest BCUT2D eigenvalue weighted by Crippen LogP contribution is -1.94. The van der Waals surface area contributed by atoms with E-state index in [0.717, 1.165) is 11.4 Å². The number of nitrogens with zero attached hydrogens (tertiary/aromatic N) is 1. The minimum Gasteiger partial charge on any atom is -0.398 e. The lowest BCUT2D eigenvalue weighted by Gasteiger charge is -2.09. The highest BCUT2D eigenvalue weighted by Gasteiger charge is 2.01. The van der Waals surface area contributed by atoms with Gasteiger partial charge in [0.1, 0.15) is 6.07 Å². The molecule has 3 nitrogen and oxygen atoms in total. The monoisotopic (exact) mass is 259 g/mol. The van der Waals surface area contributed by atoms with E-state index in [9.17, 15) is 0 Å². The van der Waals surface area contributed by atoms with Crippen LogP contribution in [0.2, 0.25) is 0 Å². The van der Waals surface area contributed by atoms with Gasteiger partial charge >= 0.3 is 0 Å². The normalized spacial score (nSPS) is 10.2. The van der Waals surface area contributed by atoms with Crippen molar-refractivity contribution in [2.45, 2.75) is 0 Å². The summed E-state index contributed by atoms with van der Waals surface area (Å²) in [6.45, 7) is 0. The number of nitrogen functional groups attached to an aromatic ring is 1. The lowest BCUT2D eigenvalue weighted by atomic mass is 10.1. The number of rotatable bonds is 2. The second kappa shape index (κ2) is 4.94. The van der Waals surface area contributed by atoms with Crippen molar-refractivity contribution in [1.29, 1.82) is 5.26 Å². The maximum absolute atomic E-state index is 8.99. The zero-order valence-electron chi connectivity index (χ0n) is 10.8. The summed E-state index contributed by atoms with van der Waals surface area (Å²) in [7, 11) is 0. The molecule has 3 N–H and O–H groups in total. The third-order valence-electron chi connectivity index (χ3n) is 3.21. The van der Waals surface area contributed by atoms with Crippen LogP contribution in [-0.4, -0.2) is 0 Å². The molecular formula is C17H13N3. The molecule has 0 atom stereocenters. The molecule has 0 spiro atoms. The van der Waals surface area contributed by atoms with Gasteiger partial charge in [-0.25, -0.2) is 0 Å². The Morgan fingerprint density at radius 2 is 1.55 bits per heavy atom. The SMILES string of the molecule is N#Cc1cc(Nc2ccc3ccccc3c2)ccc1N. The first-order valence-electron chi connectivity index (χ1n) is 6.32. The number of benzene rings is 3. The van der Waals surface area contributed by atoms with Crippen molar-refractivity contribution in [3.05, 3.63) is 66.2 Å². The molecule has 0 fully saturated rings. The zero-order chi connectivity index (χ0) is 13.9. The minimum atomic E-state index is 0.482. The smallest absolute Gasteiger partial charge is 0.101 e. The van der Waals surface area contributed by atoms with Gasteiger partial charge in [-0.15, -0.1) is 0 Å². The zero-order valence-corrected chi connectivity index (χ0v) is 10.8. The second-order valence-electron chi connectivity index (χ2n) is 4.60.